The summed E-state index contributed by atoms with van der Waals surface area (Å²) in [6.45, 7) is 0. The van der Waals surface area contributed by atoms with Gasteiger partial charge in [-0.3, -0.25) is 4.79 Å². The average molecular weight is 511 g/mol. The molecule has 0 bridgehead atoms. The zero-order chi connectivity index (χ0) is 25.1. The Hall–Kier alpha value is -3.64. The van der Waals surface area contributed by atoms with E-state index >= 15 is 0 Å². The van der Waals surface area contributed by atoms with Crippen molar-refractivity contribution in [3.05, 3.63) is 84.2 Å². The molecular formula is C23H27ClN2O9. The van der Waals surface area contributed by atoms with Crippen LogP contribution >= 0.6 is 12.4 Å². The van der Waals surface area contributed by atoms with Gasteiger partial charge in [0, 0.05) is 5.56 Å². The molecule has 0 aliphatic rings. The Kier molecular flexibility index (Phi) is 12.2. The number of aliphatic hydroxyl groups is 2. The van der Waals surface area contributed by atoms with E-state index in [2.05, 4.69) is 14.8 Å². The van der Waals surface area contributed by atoms with Crippen LogP contribution in [0.2, 0.25) is 0 Å². The van der Waals surface area contributed by atoms with Crippen LogP contribution < -0.4 is 11.1 Å². The smallest absolute Gasteiger partial charge is 0.337 e. The Morgan fingerprint density at radius 1 is 0.829 bits per heavy atom. The van der Waals surface area contributed by atoms with Gasteiger partial charge in [0.2, 0.25) is 0 Å². The molecule has 1 aromatic carbocycles. The van der Waals surface area contributed by atoms with Crippen LogP contribution in [0.15, 0.2) is 76.0 Å². The molecule has 1 amide bonds. The molecule has 3 rings (SSSR count). The lowest BCUT2D eigenvalue weighted by Gasteiger charge is -2.20. The second kappa shape index (κ2) is 14.6. The van der Waals surface area contributed by atoms with Gasteiger partial charge in [-0.05, 0) is 36.4 Å². The van der Waals surface area contributed by atoms with Crippen molar-refractivity contribution in [3.63, 3.8) is 0 Å². The highest BCUT2D eigenvalue weighted by Gasteiger charge is 2.32. The Bertz CT molecular complexity index is 1030. The summed E-state index contributed by atoms with van der Waals surface area (Å²) in [4.78, 5) is 34.5. The number of amides is 1. The molecule has 0 saturated carbocycles. The molecule has 4 atom stereocenters. The molecule has 11 nitrogen and oxygen atoms in total. The van der Waals surface area contributed by atoms with Crippen molar-refractivity contribution in [2.45, 2.75) is 24.3 Å². The van der Waals surface area contributed by atoms with Crippen molar-refractivity contribution in [2.75, 3.05) is 14.2 Å². The highest BCUT2D eigenvalue weighted by atomic mass is 35.5. The third-order valence-corrected chi connectivity index (χ3v) is 4.59. The molecule has 5 N–H and O–H groups in total. The number of nitrogens with two attached hydrogens (primary N) is 1. The number of hydrogen-bond acceptors (Lipinski definition) is 10. The number of esters is 2. The summed E-state index contributed by atoms with van der Waals surface area (Å²) in [5.74, 6) is -1.45. The van der Waals surface area contributed by atoms with Crippen LogP contribution in [0.4, 0.5) is 0 Å². The lowest BCUT2D eigenvalue weighted by Crippen LogP contribution is -2.40. The monoisotopic (exact) mass is 510 g/mol. The van der Waals surface area contributed by atoms with Crippen molar-refractivity contribution in [1.82, 2.24) is 5.32 Å². The summed E-state index contributed by atoms with van der Waals surface area (Å²) < 4.78 is 18.9. The van der Waals surface area contributed by atoms with E-state index < -0.39 is 42.1 Å². The van der Waals surface area contributed by atoms with Gasteiger partial charge in [-0.15, -0.1) is 12.4 Å². The Balaban J connectivity index is 0.000000378. The molecule has 0 unspecified atom stereocenters. The topological polar surface area (TPSA) is 174 Å². The summed E-state index contributed by atoms with van der Waals surface area (Å²) in [5, 5.41) is 21.9. The van der Waals surface area contributed by atoms with Crippen molar-refractivity contribution in [3.8, 4) is 0 Å². The third-order valence-electron chi connectivity index (χ3n) is 4.59. The predicted octanol–water partition coefficient (Wildman–Crippen LogP) is 1.52. The van der Waals surface area contributed by atoms with E-state index in [1.165, 1.54) is 19.6 Å². The van der Waals surface area contributed by atoms with Gasteiger partial charge in [-0.1, -0.05) is 18.2 Å². The highest BCUT2D eigenvalue weighted by molar-refractivity contribution is 5.94. The van der Waals surface area contributed by atoms with E-state index in [1.54, 1.807) is 54.6 Å². The van der Waals surface area contributed by atoms with E-state index in [1.807, 2.05) is 0 Å². The van der Waals surface area contributed by atoms with Crippen molar-refractivity contribution in [1.29, 1.82) is 0 Å². The fourth-order valence-electron chi connectivity index (χ4n) is 2.75. The maximum absolute atomic E-state index is 12.1. The number of furan rings is 2. The zero-order valence-electron chi connectivity index (χ0n) is 18.9. The molecule has 12 heteroatoms. The number of benzene rings is 1. The number of hydrogen-bond donors (Lipinski definition) is 4. The summed E-state index contributed by atoms with van der Waals surface area (Å²) in [6.07, 6.45) is -0.148. The number of carbonyl (C=O) groups excluding carboxylic acids is 3. The molecule has 190 valence electrons. The second-order valence-corrected chi connectivity index (χ2v) is 6.81. The average Bonchev–Trinajstić information content (AvgIpc) is 3.60. The standard InChI is InChI=1S/C15H15NO5.C8H11NO4.ClH/c1-20-15(19)13(17)12(11-8-5-9-21-11)16-14(18)10-6-3-2-4-7-10;1-12-8(11)7(10)6(9)5-3-2-4-13-5;/h2-9,12-13,17H,1H3,(H,16,18);2-4,6-7,10H,9H2,1H3;1H/t12-,13+;6-,7+;/m00./s1. The Morgan fingerprint density at radius 3 is 1.83 bits per heavy atom. The number of carbonyl (C=O) groups is 3. The fraction of sp³-hybridized carbons (Fsp3) is 0.261. The second-order valence-electron chi connectivity index (χ2n) is 6.81. The van der Waals surface area contributed by atoms with E-state index in [4.69, 9.17) is 14.6 Å². The minimum atomic E-state index is -1.56. The van der Waals surface area contributed by atoms with E-state index in [0.717, 1.165) is 7.11 Å². The molecular weight excluding hydrogens is 484 g/mol. The maximum atomic E-state index is 12.1. The van der Waals surface area contributed by atoms with Crippen molar-refractivity contribution < 1.29 is 42.9 Å². The first kappa shape index (κ1) is 29.4. The Labute approximate surface area is 207 Å². The summed E-state index contributed by atoms with van der Waals surface area (Å²) in [6, 6.07) is 12.9. The van der Waals surface area contributed by atoms with Gasteiger partial charge in [0.15, 0.2) is 12.2 Å². The molecule has 0 radical (unpaired) electrons. The zero-order valence-corrected chi connectivity index (χ0v) is 19.7. The lowest BCUT2D eigenvalue weighted by molar-refractivity contribution is -0.152. The first-order valence-electron chi connectivity index (χ1n) is 10.00. The molecule has 0 aliphatic carbocycles. The minimum absolute atomic E-state index is 0. The fourth-order valence-corrected chi connectivity index (χ4v) is 2.75. The summed E-state index contributed by atoms with van der Waals surface area (Å²) in [5.41, 5.74) is 5.92. The summed E-state index contributed by atoms with van der Waals surface area (Å²) >= 11 is 0. The van der Waals surface area contributed by atoms with Crippen LogP contribution in [0.1, 0.15) is 34.0 Å². The van der Waals surface area contributed by atoms with E-state index in [9.17, 15) is 24.6 Å². The van der Waals surface area contributed by atoms with Crippen molar-refractivity contribution >= 4 is 30.3 Å². The van der Waals surface area contributed by atoms with Gasteiger partial charge < -0.3 is 39.6 Å². The maximum Gasteiger partial charge on any atom is 0.337 e. The van der Waals surface area contributed by atoms with Crippen LogP contribution in [0.25, 0.3) is 0 Å². The van der Waals surface area contributed by atoms with Gasteiger partial charge in [-0.2, -0.15) is 0 Å². The van der Waals surface area contributed by atoms with Crippen LogP contribution in [-0.4, -0.2) is 54.5 Å². The largest absolute Gasteiger partial charge is 0.468 e. The van der Waals surface area contributed by atoms with Crippen LogP contribution in [-0.2, 0) is 19.1 Å². The molecule has 2 aromatic heterocycles. The SMILES string of the molecule is COC(=O)[C@H](O)[C@@H](N)c1ccco1.COC(=O)[C@H](O)[C@@H](NC(=O)c1ccccc1)c1ccco1.Cl. The van der Waals surface area contributed by atoms with Gasteiger partial charge in [0.05, 0.1) is 26.7 Å². The molecule has 0 saturated heterocycles. The van der Waals surface area contributed by atoms with Crippen molar-refractivity contribution in [2.24, 2.45) is 5.73 Å². The number of ether oxygens (including phenoxy) is 2. The first-order valence-corrected chi connectivity index (χ1v) is 10.00. The number of methoxy groups -OCH3 is 2. The minimum Gasteiger partial charge on any atom is -0.468 e. The van der Waals surface area contributed by atoms with Gasteiger partial charge in [0.25, 0.3) is 5.91 Å². The molecule has 0 aliphatic heterocycles. The van der Waals surface area contributed by atoms with Gasteiger partial charge in [-0.25, -0.2) is 9.59 Å². The molecule has 2 heterocycles. The number of halogens is 1. The van der Waals surface area contributed by atoms with Gasteiger partial charge >= 0.3 is 11.9 Å². The van der Waals surface area contributed by atoms with Crippen LogP contribution in [0, 0.1) is 0 Å². The number of aliphatic hydroxyl groups excluding tert-OH is 2. The third kappa shape index (κ3) is 8.26. The van der Waals surface area contributed by atoms with E-state index in [-0.39, 0.29) is 18.2 Å². The lowest BCUT2D eigenvalue weighted by atomic mass is 10.1. The quantitative estimate of drug-likeness (QED) is 0.325. The first-order chi connectivity index (χ1) is 16.3. The summed E-state index contributed by atoms with van der Waals surface area (Å²) in [7, 11) is 2.34. The molecule has 3 aromatic rings. The van der Waals surface area contributed by atoms with E-state index in [0.29, 0.717) is 11.3 Å². The van der Waals surface area contributed by atoms with Gasteiger partial charge in [0.1, 0.15) is 23.6 Å². The highest BCUT2D eigenvalue weighted by Crippen LogP contribution is 2.19. The number of nitrogens with one attached hydrogen (secondary N) is 1. The molecule has 0 fully saturated rings. The Morgan fingerprint density at radius 2 is 1.34 bits per heavy atom. The normalized spacial score (nSPS) is 13.5. The van der Waals surface area contributed by atoms with Crippen LogP contribution in [0.5, 0.6) is 0 Å². The number of rotatable bonds is 8. The molecule has 0 spiro atoms. The molecule has 35 heavy (non-hydrogen) atoms. The predicted molar refractivity (Wildman–Crippen MR) is 124 cm³/mol. The van der Waals surface area contributed by atoms with Crippen LogP contribution in [0.3, 0.4) is 0 Å².